The third kappa shape index (κ3) is 3.93. The number of amides is 3. The van der Waals surface area contributed by atoms with E-state index < -0.39 is 17.9 Å². The highest BCUT2D eigenvalue weighted by atomic mass is 16.5. The molecule has 3 aromatic rings. The molecule has 1 fully saturated rings. The molecule has 1 atom stereocenters. The number of ether oxygens (including phenoxy) is 1. The van der Waals surface area contributed by atoms with Crippen molar-refractivity contribution in [3.63, 3.8) is 0 Å². The van der Waals surface area contributed by atoms with E-state index in [9.17, 15) is 14.4 Å². The van der Waals surface area contributed by atoms with Crippen molar-refractivity contribution in [2.75, 3.05) is 16.4 Å². The topological polar surface area (TPSA) is 66.9 Å². The Bertz CT molecular complexity index is 1040. The molecule has 6 nitrogen and oxygen atoms in total. The number of hydrogen-bond donors (Lipinski definition) is 0. The highest BCUT2D eigenvalue weighted by molar-refractivity contribution is 6.25. The smallest absolute Gasteiger partial charge is 0.265 e. The Morgan fingerprint density at radius 2 is 1.43 bits per heavy atom. The third-order valence-electron chi connectivity index (χ3n) is 4.86. The zero-order valence-electron chi connectivity index (χ0n) is 16.2. The van der Waals surface area contributed by atoms with Gasteiger partial charge in [-0.2, -0.15) is 0 Å². The second kappa shape index (κ2) is 8.61. The Labute approximate surface area is 174 Å². The molecular weight excluding hydrogens is 380 g/mol. The number of hydrogen-bond acceptors (Lipinski definition) is 4. The molecule has 0 radical (unpaired) electrons. The molecule has 0 saturated carbocycles. The average molecular weight is 400 g/mol. The molecular formula is C24H20N2O4. The minimum Gasteiger partial charge on any atom is -0.484 e. The molecule has 0 N–H and O–H groups in total. The SMILES string of the molecule is O=C1C[C@H](N(C(=O)COc2ccccc2)c2ccccc2)C(=O)N1c1ccccc1. The Hall–Kier alpha value is -3.93. The summed E-state index contributed by atoms with van der Waals surface area (Å²) >= 11 is 0. The van der Waals surface area contributed by atoms with Gasteiger partial charge in [-0.1, -0.05) is 54.6 Å². The summed E-state index contributed by atoms with van der Waals surface area (Å²) in [6.45, 7) is -0.248. The maximum absolute atomic E-state index is 13.2. The maximum atomic E-state index is 13.2. The van der Waals surface area contributed by atoms with Crippen LogP contribution in [0.4, 0.5) is 11.4 Å². The number of rotatable bonds is 6. The summed E-state index contributed by atoms with van der Waals surface area (Å²) in [4.78, 5) is 41.5. The van der Waals surface area contributed by atoms with E-state index in [-0.39, 0.29) is 18.9 Å². The first kappa shape index (κ1) is 19.4. The molecule has 1 heterocycles. The summed E-state index contributed by atoms with van der Waals surface area (Å²) in [6, 6.07) is 25.7. The van der Waals surface area contributed by atoms with Gasteiger partial charge in [0.2, 0.25) is 5.91 Å². The van der Waals surface area contributed by atoms with Crippen LogP contribution in [-0.4, -0.2) is 30.4 Å². The van der Waals surface area contributed by atoms with Gasteiger partial charge in [-0.15, -0.1) is 0 Å². The number of carbonyl (C=O) groups is 3. The van der Waals surface area contributed by atoms with Crippen molar-refractivity contribution in [1.82, 2.24) is 0 Å². The van der Waals surface area contributed by atoms with E-state index in [1.807, 2.05) is 30.3 Å². The molecule has 0 bridgehead atoms. The van der Waals surface area contributed by atoms with Crippen molar-refractivity contribution in [3.05, 3.63) is 91.0 Å². The Morgan fingerprint density at radius 3 is 2.07 bits per heavy atom. The van der Waals surface area contributed by atoms with E-state index in [2.05, 4.69) is 0 Å². The van der Waals surface area contributed by atoms with Gasteiger partial charge < -0.3 is 4.74 Å². The molecule has 6 heteroatoms. The van der Waals surface area contributed by atoms with Gasteiger partial charge in [-0.3, -0.25) is 19.3 Å². The lowest BCUT2D eigenvalue weighted by Gasteiger charge is -2.27. The van der Waals surface area contributed by atoms with Gasteiger partial charge in [0.1, 0.15) is 11.8 Å². The van der Waals surface area contributed by atoms with Gasteiger partial charge in [-0.25, -0.2) is 4.90 Å². The van der Waals surface area contributed by atoms with Crippen LogP contribution in [0.15, 0.2) is 91.0 Å². The number of anilines is 2. The van der Waals surface area contributed by atoms with E-state index in [4.69, 9.17) is 4.74 Å². The van der Waals surface area contributed by atoms with E-state index >= 15 is 0 Å². The first-order valence-corrected chi connectivity index (χ1v) is 9.62. The second-order valence-corrected chi connectivity index (χ2v) is 6.82. The largest absolute Gasteiger partial charge is 0.484 e. The summed E-state index contributed by atoms with van der Waals surface area (Å²) in [6.07, 6.45) is -0.0836. The fourth-order valence-electron chi connectivity index (χ4n) is 3.48. The van der Waals surface area contributed by atoms with Crippen LogP contribution in [0, 0.1) is 0 Å². The van der Waals surface area contributed by atoms with Crippen LogP contribution < -0.4 is 14.5 Å². The molecule has 1 aliphatic heterocycles. The minimum atomic E-state index is -0.924. The van der Waals surface area contributed by atoms with Crippen LogP contribution in [-0.2, 0) is 14.4 Å². The number of para-hydroxylation sites is 3. The number of imide groups is 1. The molecule has 4 rings (SSSR count). The van der Waals surface area contributed by atoms with E-state index in [1.165, 1.54) is 4.90 Å². The maximum Gasteiger partial charge on any atom is 0.265 e. The Kier molecular flexibility index (Phi) is 5.57. The minimum absolute atomic E-state index is 0.0836. The van der Waals surface area contributed by atoms with Crippen molar-refractivity contribution >= 4 is 29.1 Å². The van der Waals surface area contributed by atoms with Gasteiger partial charge in [0.15, 0.2) is 6.61 Å². The van der Waals surface area contributed by atoms with Crippen LogP contribution in [0.1, 0.15) is 6.42 Å². The van der Waals surface area contributed by atoms with Gasteiger partial charge >= 0.3 is 0 Å². The van der Waals surface area contributed by atoms with E-state index in [0.29, 0.717) is 17.1 Å². The Balaban J connectivity index is 1.61. The Morgan fingerprint density at radius 1 is 0.867 bits per heavy atom. The molecule has 1 saturated heterocycles. The van der Waals surface area contributed by atoms with Gasteiger partial charge in [0.25, 0.3) is 11.8 Å². The molecule has 30 heavy (non-hydrogen) atoms. The predicted octanol–water partition coefficient (Wildman–Crippen LogP) is 3.43. The van der Waals surface area contributed by atoms with Crippen LogP contribution in [0.3, 0.4) is 0 Å². The fourth-order valence-corrected chi connectivity index (χ4v) is 3.48. The summed E-state index contributed by atoms with van der Waals surface area (Å²) in [5.41, 5.74) is 1.04. The van der Waals surface area contributed by atoms with E-state index in [1.54, 1.807) is 60.7 Å². The molecule has 0 unspecified atom stereocenters. The molecule has 0 aliphatic carbocycles. The third-order valence-corrected chi connectivity index (χ3v) is 4.86. The first-order chi connectivity index (χ1) is 14.6. The first-order valence-electron chi connectivity index (χ1n) is 9.62. The normalized spacial score (nSPS) is 15.9. The van der Waals surface area contributed by atoms with Crippen LogP contribution in [0.2, 0.25) is 0 Å². The van der Waals surface area contributed by atoms with Crippen molar-refractivity contribution in [3.8, 4) is 5.75 Å². The molecule has 3 amide bonds. The highest BCUT2D eigenvalue weighted by Gasteiger charge is 2.45. The summed E-state index contributed by atoms with van der Waals surface area (Å²) < 4.78 is 5.60. The number of nitrogens with zero attached hydrogens (tertiary/aromatic N) is 2. The lowest BCUT2D eigenvalue weighted by Crippen LogP contribution is -2.47. The van der Waals surface area contributed by atoms with E-state index in [0.717, 1.165) is 4.90 Å². The molecule has 1 aliphatic rings. The van der Waals surface area contributed by atoms with Crippen LogP contribution in [0.25, 0.3) is 0 Å². The zero-order chi connectivity index (χ0) is 20.9. The molecule has 150 valence electrons. The zero-order valence-corrected chi connectivity index (χ0v) is 16.2. The van der Waals surface area contributed by atoms with Crippen molar-refractivity contribution in [2.45, 2.75) is 12.5 Å². The molecule has 0 spiro atoms. The predicted molar refractivity (Wildman–Crippen MR) is 113 cm³/mol. The number of benzene rings is 3. The molecule has 3 aromatic carbocycles. The molecule has 0 aromatic heterocycles. The van der Waals surface area contributed by atoms with Crippen molar-refractivity contribution in [1.29, 1.82) is 0 Å². The lowest BCUT2D eigenvalue weighted by atomic mass is 10.1. The second-order valence-electron chi connectivity index (χ2n) is 6.82. The lowest BCUT2D eigenvalue weighted by molar-refractivity contribution is -0.125. The summed E-state index contributed by atoms with van der Waals surface area (Å²) in [5, 5.41) is 0. The summed E-state index contributed by atoms with van der Waals surface area (Å²) in [5.74, 6) is -0.610. The standard InChI is InChI=1S/C24H20N2O4/c27-22-16-21(24(29)26(22)19-12-6-2-7-13-19)25(18-10-4-1-5-11-18)23(28)17-30-20-14-8-3-9-15-20/h1-15,21H,16-17H2/t21-/m0/s1. The quantitative estimate of drug-likeness (QED) is 0.595. The van der Waals surface area contributed by atoms with Crippen molar-refractivity contribution < 1.29 is 19.1 Å². The highest BCUT2D eigenvalue weighted by Crippen LogP contribution is 2.29. The van der Waals surface area contributed by atoms with Crippen LogP contribution >= 0.6 is 0 Å². The number of carbonyl (C=O) groups excluding carboxylic acids is 3. The van der Waals surface area contributed by atoms with Gasteiger partial charge in [0.05, 0.1) is 12.1 Å². The van der Waals surface area contributed by atoms with Crippen LogP contribution in [0.5, 0.6) is 5.75 Å². The van der Waals surface area contributed by atoms with Gasteiger partial charge in [-0.05, 0) is 36.4 Å². The van der Waals surface area contributed by atoms with Crippen molar-refractivity contribution in [2.24, 2.45) is 0 Å². The van der Waals surface area contributed by atoms with Gasteiger partial charge in [0, 0.05) is 5.69 Å². The average Bonchev–Trinajstić information content (AvgIpc) is 3.08. The summed E-state index contributed by atoms with van der Waals surface area (Å²) in [7, 11) is 0. The monoisotopic (exact) mass is 400 g/mol. The fraction of sp³-hybridized carbons (Fsp3) is 0.125.